The van der Waals surface area contributed by atoms with E-state index in [1.54, 1.807) is 0 Å². The number of hydrogen-bond acceptors (Lipinski definition) is 1. The standard InChI is InChI=1S/C18H23N/c1-15-8-5-6-12-17(15)14-18(19)13-7-11-16-9-3-2-4-10-16/h2-6,8-10,12,18H,7,11,13-14,19H2,1H3. The van der Waals surface area contributed by atoms with Crippen molar-refractivity contribution in [1.82, 2.24) is 0 Å². The normalized spacial score (nSPS) is 12.3. The minimum atomic E-state index is 0.268. The minimum absolute atomic E-state index is 0.268. The molecule has 2 rings (SSSR count). The lowest BCUT2D eigenvalue weighted by Crippen LogP contribution is -2.23. The molecule has 0 heterocycles. The molecule has 0 bridgehead atoms. The molecule has 0 amide bonds. The number of nitrogens with two attached hydrogens (primary N) is 1. The van der Waals surface area contributed by atoms with Crippen LogP contribution >= 0.6 is 0 Å². The fraction of sp³-hybridized carbons (Fsp3) is 0.333. The van der Waals surface area contributed by atoms with Gasteiger partial charge in [0.25, 0.3) is 0 Å². The summed E-state index contributed by atoms with van der Waals surface area (Å²) in [5.41, 5.74) is 10.4. The topological polar surface area (TPSA) is 26.0 Å². The Kier molecular flexibility index (Phi) is 5.17. The molecule has 2 aromatic rings. The molecule has 0 saturated heterocycles. The lowest BCUT2D eigenvalue weighted by Gasteiger charge is -2.13. The van der Waals surface area contributed by atoms with Gasteiger partial charge in [-0.15, -0.1) is 0 Å². The third kappa shape index (κ3) is 4.53. The van der Waals surface area contributed by atoms with Crippen molar-refractivity contribution in [2.75, 3.05) is 0 Å². The zero-order valence-corrected chi connectivity index (χ0v) is 11.7. The smallest absolute Gasteiger partial charge is 0.00795 e. The van der Waals surface area contributed by atoms with Crippen molar-refractivity contribution in [2.24, 2.45) is 5.73 Å². The van der Waals surface area contributed by atoms with Crippen LogP contribution in [0.3, 0.4) is 0 Å². The van der Waals surface area contributed by atoms with E-state index in [9.17, 15) is 0 Å². The lowest BCUT2D eigenvalue weighted by molar-refractivity contribution is 0.579. The predicted molar refractivity (Wildman–Crippen MR) is 82.2 cm³/mol. The van der Waals surface area contributed by atoms with E-state index in [0.29, 0.717) is 0 Å². The van der Waals surface area contributed by atoms with E-state index < -0.39 is 0 Å². The van der Waals surface area contributed by atoms with Crippen LogP contribution in [0.4, 0.5) is 0 Å². The van der Waals surface area contributed by atoms with E-state index >= 15 is 0 Å². The van der Waals surface area contributed by atoms with E-state index in [1.165, 1.54) is 16.7 Å². The molecule has 1 unspecified atom stereocenters. The first-order chi connectivity index (χ1) is 9.25. The first-order valence-corrected chi connectivity index (χ1v) is 7.09. The maximum absolute atomic E-state index is 6.24. The Balaban J connectivity index is 1.76. The third-order valence-corrected chi connectivity index (χ3v) is 3.63. The average molecular weight is 253 g/mol. The van der Waals surface area contributed by atoms with E-state index in [-0.39, 0.29) is 6.04 Å². The maximum Gasteiger partial charge on any atom is 0.00795 e. The summed E-state index contributed by atoms with van der Waals surface area (Å²) >= 11 is 0. The van der Waals surface area contributed by atoms with Crippen LogP contribution in [0.2, 0.25) is 0 Å². The highest BCUT2D eigenvalue weighted by atomic mass is 14.6. The van der Waals surface area contributed by atoms with Gasteiger partial charge in [-0.1, -0.05) is 54.6 Å². The van der Waals surface area contributed by atoms with Crippen molar-refractivity contribution >= 4 is 0 Å². The zero-order valence-electron chi connectivity index (χ0n) is 11.7. The van der Waals surface area contributed by atoms with Gasteiger partial charge >= 0.3 is 0 Å². The van der Waals surface area contributed by atoms with Gasteiger partial charge in [-0.3, -0.25) is 0 Å². The van der Waals surface area contributed by atoms with Gasteiger partial charge in [0, 0.05) is 6.04 Å². The van der Waals surface area contributed by atoms with E-state index in [1.807, 2.05) is 0 Å². The highest BCUT2D eigenvalue weighted by Gasteiger charge is 2.06. The summed E-state index contributed by atoms with van der Waals surface area (Å²) in [6.07, 6.45) is 4.37. The molecule has 19 heavy (non-hydrogen) atoms. The molecule has 100 valence electrons. The molecule has 0 aliphatic rings. The Bertz CT molecular complexity index is 490. The van der Waals surface area contributed by atoms with Crippen molar-refractivity contribution in [1.29, 1.82) is 0 Å². The third-order valence-electron chi connectivity index (χ3n) is 3.63. The molecule has 0 spiro atoms. The second-order valence-electron chi connectivity index (χ2n) is 5.27. The Morgan fingerprint density at radius 2 is 1.63 bits per heavy atom. The van der Waals surface area contributed by atoms with Crippen molar-refractivity contribution in [3.8, 4) is 0 Å². The fourth-order valence-corrected chi connectivity index (χ4v) is 2.44. The summed E-state index contributed by atoms with van der Waals surface area (Å²) in [7, 11) is 0. The van der Waals surface area contributed by atoms with Gasteiger partial charge in [-0.05, 0) is 49.3 Å². The van der Waals surface area contributed by atoms with Crippen LogP contribution in [0.1, 0.15) is 29.5 Å². The highest BCUT2D eigenvalue weighted by Crippen LogP contribution is 2.12. The minimum Gasteiger partial charge on any atom is -0.327 e. The average Bonchev–Trinajstić information content (AvgIpc) is 2.43. The molecular formula is C18H23N. The first-order valence-electron chi connectivity index (χ1n) is 7.09. The van der Waals surface area contributed by atoms with Crippen LogP contribution in [-0.4, -0.2) is 6.04 Å². The van der Waals surface area contributed by atoms with E-state index in [2.05, 4.69) is 61.5 Å². The quantitative estimate of drug-likeness (QED) is 0.830. The molecule has 0 saturated carbocycles. The number of rotatable bonds is 6. The van der Waals surface area contributed by atoms with E-state index in [0.717, 1.165) is 25.7 Å². The van der Waals surface area contributed by atoms with Gasteiger partial charge in [0.1, 0.15) is 0 Å². The van der Waals surface area contributed by atoms with Crippen LogP contribution in [-0.2, 0) is 12.8 Å². The second-order valence-corrected chi connectivity index (χ2v) is 5.27. The molecular weight excluding hydrogens is 230 g/mol. The Morgan fingerprint density at radius 1 is 0.947 bits per heavy atom. The summed E-state index contributed by atoms with van der Waals surface area (Å²) in [5, 5.41) is 0. The summed E-state index contributed by atoms with van der Waals surface area (Å²) in [4.78, 5) is 0. The first kappa shape index (κ1) is 13.8. The monoisotopic (exact) mass is 253 g/mol. The summed E-state index contributed by atoms with van der Waals surface area (Å²) in [6.45, 7) is 2.16. The summed E-state index contributed by atoms with van der Waals surface area (Å²) in [6, 6.07) is 19.4. The molecule has 0 radical (unpaired) electrons. The van der Waals surface area contributed by atoms with Crippen LogP contribution in [0, 0.1) is 6.92 Å². The lowest BCUT2D eigenvalue weighted by atomic mass is 9.97. The Hall–Kier alpha value is -1.60. The van der Waals surface area contributed by atoms with Crippen molar-refractivity contribution in [3.05, 3.63) is 71.3 Å². The molecule has 2 N–H and O–H groups in total. The van der Waals surface area contributed by atoms with Gasteiger partial charge < -0.3 is 5.73 Å². The molecule has 0 aromatic heterocycles. The fourth-order valence-electron chi connectivity index (χ4n) is 2.44. The molecule has 2 aromatic carbocycles. The van der Waals surface area contributed by atoms with Crippen molar-refractivity contribution in [2.45, 2.75) is 38.6 Å². The molecule has 1 heteroatoms. The van der Waals surface area contributed by atoms with Gasteiger partial charge in [0.15, 0.2) is 0 Å². The second kappa shape index (κ2) is 7.10. The molecule has 0 aliphatic carbocycles. The van der Waals surface area contributed by atoms with Crippen molar-refractivity contribution < 1.29 is 0 Å². The molecule has 0 aliphatic heterocycles. The van der Waals surface area contributed by atoms with E-state index in [4.69, 9.17) is 5.73 Å². The summed E-state index contributed by atoms with van der Waals surface area (Å²) in [5.74, 6) is 0. The number of benzene rings is 2. The van der Waals surface area contributed by atoms with Crippen LogP contribution in [0.15, 0.2) is 54.6 Å². The van der Waals surface area contributed by atoms with Crippen molar-refractivity contribution in [3.63, 3.8) is 0 Å². The maximum atomic E-state index is 6.24. The predicted octanol–water partition coefficient (Wildman–Crippen LogP) is 3.89. The Labute approximate surface area is 116 Å². The van der Waals surface area contributed by atoms with Crippen LogP contribution in [0.5, 0.6) is 0 Å². The molecule has 1 nitrogen and oxygen atoms in total. The Morgan fingerprint density at radius 3 is 2.37 bits per heavy atom. The largest absolute Gasteiger partial charge is 0.327 e. The van der Waals surface area contributed by atoms with Crippen LogP contribution < -0.4 is 5.73 Å². The van der Waals surface area contributed by atoms with Crippen LogP contribution in [0.25, 0.3) is 0 Å². The van der Waals surface area contributed by atoms with Gasteiger partial charge in [0.2, 0.25) is 0 Å². The zero-order chi connectivity index (χ0) is 13.5. The SMILES string of the molecule is Cc1ccccc1CC(N)CCCc1ccccc1. The molecule has 1 atom stereocenters. The van der Waals surface area contributed by atoms with Gasteiger partial charge in [-0.2, -0.15) is 0 Å². The van der Waals surface area contributed by atoms with Gasteiger partial charge in [0.05, 0.1) is 0 Å². The molecule has 0 fully saturated rings. The van der Waals surface area contributed by atoms with Gasteiger partial charge in [-0.25, -0.2) is 0 Å². The highest BCUT2D eigenvalue weighted by molar-refractivity contribution is 5.26. The summed E-state index contributed by atoms with van der Waals surface area (Å²) < 4.78 is 0. The number of hydrogen-bond donors (Lipinski definition) is 1. The number of aryl methyl sites for hydroxylation is 2.